The van der Waals surface area contributed by atoms with E-state index in [1.54, 1.807) is 6.92 Å². The Morgan fingerprint density at radius 1 is 1.24 bits per heavy atom. The molecule has 2 amide bonds. The van der Waals surface area contributed by atoms with Crippen molar-refractivity contribution >= 4 is 12.0 Å². The van der Waals surface area contributed by atoms with Crippen molar-refractivity contribution in [2.45, 2.75) is 44.6 Å². The van der Waals surface area contributed by atoms with Gasteiger partial charge in [0.15, 0.2) is 0 Å². The highest BCUT2D eigenvalue weighted by atomic mass is 16.4. The van der Waals surface area contributed by atoms with E-state index < -0.39 is 11.5 Å². The zero-order valence-corrected chi connectivity index (χ0v) is 13.1. The predicted molar refractivity (Wildman–Crippen MR) is 80.2 cm³/mol. The van der Waals surface area contributed by atoms with Gasteiger partial charge in [0.25, 0.3) is 0 Å². The maximum atomic E-state index is 12.4. The topological polar surface area (TPSA) is 72.9 Å². The van der Waals surface area contributed by atoms with Crippen molar-refractivity contribution in [3.63, 3.8) is 0 Å². The standard InChI is InChI=1S/C15H27N3O3/c1-15(13(19)20)7-3-4-8-18(15)14(21)16-11-12-5-9-17(2)10-6-12/h12H,3-11H2,1-2H3,(H,16,21)(H,19,20). The molecule has 0 aromatic carbocycles. The van der Waals surface area contributed by atoms with Gasteiger partial charge in [0.1, 0.15) is 5.54 Å². The molecule has 21 heavy (non-hydrogen) atoms. The number of piperidine rings is 2. The molecule has 1 atom stereocenters. The maximum Gasteiger partial charge on any atom is 0.329 e. The highest BCUT2D eigenvalue weighted by molar-refractivity contribution is 5.86. The molecule has 2 saturated heterocycles. The number of carboxylic acids is 1. The minimum absolute atomic E-state index is 0.224. The summed E-state index contributed by atoms with van der Waals surface area (Å²) in [7, 11) is 2.11. The summed E-state index contributed by atoms with van der Waals surface area (Å²) in [6.45, 7) is 4.97. The fraction of sp³-hybridized carbons (Fsp3) is 0.867. The summed E-state index contributed by atoms with van der Waals surface area (Å²) in [5.41, 5.74) is -1.06. The number of carboxylic acid groups (broad SMARTS) is 1. The summed E-state index contributed by atoms with van der Waals surface area (Å²) >= 11 is 0. The van der Waals surface area contributed by atoms with Crippen molar-refractivity contribution in [1.82, 2.24) is 15.1 Å². The van der Waals surface area contributed by atoms with Crippen molar-refractivity contribution in [3.05, 3.63) is 0 Å². The Labute approximate surface area is 126 Å². The van der Waals surface area contributed by atoms with Crippen LogP contribution in [0.5, 0.6) is 0 Å². The van der Waals surface area contributed by atoms with E-state index >= 15 is 0 Å². The summed E-state index contributed by atoms with van der Waals surface area (Å²) in [4.78, 5) is 27.7. The van der Waals surface area contributed by atoms with Gasteiger partial charge in [0.2, 0.25) is 0 Å². The third kappa shape index (κ3) is 3.67. The molecule has 0 saturated carbocycles. The molecule has 0 aromatic rings. The maximum absolute atomic E-state index is 12.4. The zero-order chi connectivity index (χ0) is 15.5. The molecule has 0 spiro atoms. The first-order valence-electron chi connectivity index (χ1n) is 7.91. The summed E-state index contributed by atoms with van der Waals surface area (Å²) in [5.74, 6) is -0.400. The van der Waals surface area contributed by atoms with Gasteiger partial charge < -0.3 is 20.2 Å². The van der Waals surface area contributed by atoms with Crippen LogP contribution in [0.4, 0.5) is 4.79 Å². The average molecular weight is 297 g/mol. The van der Waals surface area contributed by atoms with Gasteiger partial charge in [-0.2, -0.15) is 0 Å². The van der Waals surface area contributed by atoms with Crippen molar-refractivity contribution in [1.29, 1.82) is 0 Å². The Bertz CT molecular complexity index is 394. The van der Waals surface area contributed by atoms with Crippen LogP contribution in [0.25, 0.3) is 0 Å². The minimum Gasteiger partial charge on any atom is -0.480 e. The molecule has 0 radical (unpaired) electrons. The summed E-state index contributed by atoms with van der Waals surface area (Å²) in [6.07, 6.45) is 4.45. The van der Waals surface area contributed by atoms with Gasteiger partial charge >= 0.3 is 12.0 Å². The Hall–Kier alpha value is -1.30. The summed E-state index contributed by atoms with van der Waals surface area (Å²) in [6, 6.07) is -0.224. The largest absolute Gasteiger partial charge is 0.480 e. The Morgan fingerprint density at radius 3 is 2.52 bits per heavy atom. The number of hydrogen-bond acceptors (Lipinski definition) is 3. The minimum atomic E-state index is -1.06. The lowest BCUT2D eigenvalue weighted by atomic mass is 9.89. The number of hydrogen-bond donors (Lipinski definition) is 2. The first-order valence-corrected chi connectivity index (χ1v) is 7.91. The Balaban J connectivity index is 1.88. The molecule has 0 aromatic heterocycles. The highest BCUT2D eigenvalue weighted by Crippen LogP contribution is 2.28. The third-order valence-corrected chi connectivity index (χ3v) is 4.98. The Morgan fingerprint density at radius 2 is 1.90 bits per heavy atom. The van der Waals surface area contributed by atoms with Crippen LogP contribution < -0.4 is 5.32 Å². The molecule has 0 bridgehead atoms. The molecule has 2 rings (SSSR count). The summed E-state index contributed by atoms with van der Waals surface area (Å²) < 4.78 is 0. The van der Waals surface area contributed by atoms with Crippen molar-refractivity contribution < 1.29 is 14.7 Å². The predicted octanol–water partition coefficient (Wildman–Crippen LogP) is 1.37. The fourth-order valence-corrected chi connectivity index (χ4v) is 3.26. The lowest BCUT2D eigenvalue weighted by molar-refractivity contribution is -0.150. The molecule has 2 heterocycles. The number of rotatable bonds is 3. The molecular formula is C15H27N3O3. The zero-order valence-electron chi connectivity index (χ0n) is 13.1. The highest BCUT2D eigenvalue weighted by Gasteiger charge is 2.43. The molecule has 0 aliphatic carbocycles. The van der Waals surface area contributed by atoms with Gasteiger partial charge in [-0.05, 0) is 65.1 Å². The number of carbonyl (C=O) groups is 2. The normalized spacial score (nSPS) is 28.4. The number of aliphatic carboxylic acids is 1. The van der Waals surface area contributed by atoms with Crippen LogP contribution in [0.2, 0.25) is 0 Å². The van der Waals surface area contributed by atoms with E-state index in [1.165, 1.54) is 4.90 Å². The first-order chi connectivity index (χ1) is 9.93. The second-order valence-corrected chi connectivity index (χ2v) is 6.62. The second-order valence-electron chi connectivity index (χ2n) is 6.62. The molecule has 2 aliphatic heterocycles. The second kappa shape index (κ2) is 6.64. The lowest BCUT2D eigenvalue weighted by Crippen LogP contribution is -2.60. The Kier molecular flexibility index (Phi) is 5.08. The molecule has 2 fully saturated rings. The van der Waals surface area contributed by atoms with Crippen molar-refractivity contribution in [2.24, 2.45) is 5.92 Å². The molecular weight excluding hydrogens is 270 g/mol. The van der Waals surface area contributed by atoms with Gasteiger partial charge in [0.05, 0.1) is 0 Å². The lowest BCUT2D eigenvalue weighted by Gasteiger charge is -2.41. The number of amides is 2. The van der Waals surface area contributed by atoms with E-state index in [2.05, 4.69) is 17.3 Å². The van der Waals surface area contributed by atoms with Crippen LogP contribution in [-0.4, -0.2) is 65.7 Å². The van der Waals surface area contributed by atoms with E-state index in [1.807, 2.05) is 0 Å². The van der Waals surface area contributed by atoms with Gasteiger partial charge in [-0.1, -0.05) is 0 Å². The van der Waals surface area contributed by atoms with Crippen LogP contribution in [0.15, 0.2) is 0 Å². The molecule has 2 N–H and O–H groups in total. The molecule has 120 valence electrons. The number of carbonyl (C=O) groups excluding carboxylic acids is 1. The first kappa shape index (κ1) is 16.1. The van der Waals surface area contributed by atoms with Crippen LogP contribution in [0, 0.1) is 5.92 Å². The summed E-state index contributed by atoms with van der Waals surface area (Å²) in [5, 5.41) is 12.4. The number of nitrogens with one attached hydrogen (secondary N) is 1. The SMILES string of the molecule is CN1CCC(CNC(=O)N2CCCCC2(C)C(=O)O)CC1. The number of urea groups is 1. The van der Waals surface area contributed by atoms with Gasteiger partial charge in [-0.3, -0.25) is 0 Å². The molecule has 6 nitrogen and oxygen atoms in total. The van der Waals surface area contributed by atoms with Crippen LogP contribution in [0.1, 0.15) is 39.0 Å². The van der Waals surface area contributed by atoms with Crippen molar-refractivity contribution in [2.75, 3.05) is 33.2 Å². The van der Waals surface area contributed by atoms with Crippen LogP contribution >= 0.6 is 0 Å². The average Bonchev–Trinajstić information content (AvgIpc) is 2.46. The van der Waals surface area contributed by atoms with Gasteiger partial charge in [-0.25, -0.2) is 9.59 Å². The quantitative estimate of drug-likeness (QED) is 0.825. The van der Waals surface area contributed by atoms with E-state index in [4.69, 9.17) is 0 Å². The van der Waals surface area contributed by atoms with E-state index in [0.717, 1.165) is 38.8 Å². The fourth-order valence-electron chi connectivity index (χ4n) is 3.26. The number of nitrogens with zero attached hydrogens (tertiary/aromatic N) is 2. The molecule has 1 unspecified atom stereocenters. The molecule has 6 heteroatoms. The third-order valence-electron chi connectivity index (χ3n) is 4.98. The van der Waals surface area contributed by atoms with E-state index in [-0.39, 0.29) is 6.03 Å². The van der Waals surface area contributed by atoms with Crippen LogP contribution in [-0.2, 0) is 4.79 Å². The van der Waals surface area contributed by atoms with Gasteiger partial charge in [-0.15, -0.1) is 0 Å². The van der Waals surface area contributed by atoms with Crippen molar-refractivity contribution in [3.8, 4) is 0 Å². The smallest absolute Gasteiger partial charge is 0.329 e. The van der Waals surface area contributed by atoms with Crippen LogP contribution in [0.3, 0.4) is 0 Å². The molecule has 2 aliphatic rings. The monoisotopic (exact) mass is 297 g/mol. The van der Waals surface area contributed by atoms with E-state index in [9.17, 15) is 14.7 Å². The number of likely N-dealkylation sites (tertiary alicyclic amines) is 2. The van der Waals surface area contributed by atoms with E-state index in [0.29, 0.717) is 25.4 Å². The van der Waals surface area contributed by atoms with Gasteiger partial charge in [0, 0.05) is 13.1 Å².